The first-order chi connectivity index (χ1) is 15.7. The number of ether oxygens (including phenoxy) is 2. The number of para-hydroxylation sites is 1. The first-order valence-electron chi connectivity index (χ1n) is 10.5. The van der Waals surface area contributed by atoms with Gasteiger partial charge in [0.1, 0.15) is 23.0 Å². The number of hydrogen-bond acceptors (Lipinski definition) is 4. The summed E-state index contributed by atoms with van der Waals surface area (Å²) in [4.78, 5) is 15.8. The number of carbonyl (C=O) groups is 1. The van der Waals surface area contributed by atoms with Crippen molar-refractivity contribution in [2.45, 2.75) is 19.9 Å². The molecule has 0 aliphatic carbocycles. The average molecular weight is 425 g/mol. The van der Waals surface area contributed by atoms with Crippen LogP contribution in [0.3, 0.4) is 0 Å². The van der Waals surface area contributed by atoms with Crippen molar-refractivity contribution in [3.05, 3.63) is 103 Å². The van der Waals surface area contributed by atoms with Gasteiger partial charge in [-0.25, -0.2) is 0 Å². The molecule has 0 saturated carbocycles. The van der Waals surface area contributed by atoms with Gasteiger partial charge in [0, 0.05) is 30.9 Å². The lowest BCUT2D eigenvalue weighted by Gasteiger charge is -2.13. The smallest absolute Gasteiger partial charge is 0.219 e. The molecule has 0 aliphatic heterocycles. The summed E-state index contributed by atoms with van der Waals surface area (Å²) in [5, 5.41) is 2.91. The molecule has 0 fully saturated rings. The molecule has 4 rings (SSSR count). The first kappa shape index (κ1) is 21.1. The molecule has 0 spiro atoms. The number of amides is 1. The van der Waals surface area contributed by atoms with Gasteiger partial charge < -0.3 is 14.8 Å². The SMILES string of the molecule is CCC(=O)NCc1cccc(-c2cnccc2Oc2ccc(Oc3ccccc3)cc2)c1. The molecular formula is C27H24N2O3. The molecule has 4 aromatic rings. The number of carbonyl (C=O) groups excluding carboxylic acids is 1. The molecule has 0 atom stereocenters. The highest BCUT2D eigenvalue weighted by Gasteiger charge is 2.09. The summed E-state index contributed by atoms with van der Waals surface area (Å²) in [6, 6.07) is 27.0. The van der Waals surface area contributed by atoms with Crippen molar-refractivity contribution in [3.8, 4) is 34.1 Å². The number of nitrogens with one attached hydrogen (secondary N) is 1. The Hall–Kier alpha value is -4.12. The fourth-order valence-corrected chi connectivity index (χ4v) is 3.19. The van der Waals surface area contributed by atoms with Crippen LogP contribution in [-0.4, -0.2) is 10.9 Å². The monoisotopic (exact) mass is 424 g/mol. The minimum atomic E-state index is 0.0282. The van der Waals surface area contributed by atoms with Crippen molar-refractivity contribution < 1.29 is 14.3 Å². The van der Waals surface area contributed by atoms with Gasteiger partial charge in [0.25, 0.3) is 0 Å². The van der Waals surface area contributed by atoms with Crippen LogP contribution in [-0.2, 0) is 11.3 Å². The van der Waals surface area contributed by atoms with Crippen molar-refractivity contribution >= 4 is 5.91 Å². The van der Waals surface area contributed by atoms with E-state index in [9.17, 15) is 4.79 Å². The summed E-state index contributed by atoms with van der Waals surface area (Å²) in [5.74, 6) is 2.95. The summed E-state index contributed by atoms with van der Waals surface area (Å²) in [6.07, 6.45) is 3.96. The molecule has 1 aromatic heterocycles. The zero-order valence-electron chi connectivity index (χ0n) is 17.8. The fraction of sp³-hybridized carbons (Fsp3) is 0.111. The molecule has 5 nitrogen and oxygen atoms in total. The van der Waals surface area contributed by atoms with Crippen molar-refractivity contribution in [1.29, 1.82) is 0 Å². The van der Waals surface area contributed by atoms with Crippen LogP contribution in [0.2, 0.25) is 0 Å². The van der Waals surface area contributed by atoms with Crippen molar-refractivity contribution in [1.82, 2.24) is 10.3 Å². The van der Waals surface area contributed by atoms with E-state index in [-0.39, 0.29) is 5.91 Å². The molecule has 5 heteroatoms. The van der Waals surface area contributed by atoms with Crippen LogP contribution < -0.4 is 14.8 Å². The number of pyridine rings is 1. The van der Waals surface area contributed by atoms with Gasteiger partial charge in [-0.1, -0.05) is 43.3 Å². The Morgan fingerprint density at radius 2 is 1.56 bits per heavy atom. The lowest BCUT2D eigenvalue weighted by molar-refractivity contribution is -0.120. The Kier molecular flexibility index (Phi) is 6.78. The van der Waals surface area contributed by atoms with Crippen LogP contribution in [0.5, 0.6) is 23.0 Å². The van der Waals surface area contributed by atoms with E-state index >= 15 is 0 Å². The third kappa shape index (κ3) is 5.52. The third-order valence-corrected chi connectivity index (χ3v) is 4.86. The van der Waals surface area contributed by atoms with Crippen LogP contribution in [0.4, 0.5) is 0 Å². The van der Waals surface area contributed by atoms with Gasteiger partial charge in [-0.3, -0.25) is 9.78 Å². The Labute approximate surface area is 187 Å². The minimum Gasteiger partial charge on any atom is -0.457 e. The van der Waals surface area contributed by atoms with Gasteiger partial charge in [0.05, 0.1) is 0 Å². The largest absolute Gasteiger partial charge is 0.457 e. The van der Waals surface area contributed by atoms with Crippen molar-refractivity contribution in [3.63, 3.8) is 0 Å². The van der Waals surface area contributed by atoms with Crippen LogP contribution in [0.25, 0.3) is 11.1 Å². The summed E-state index contributed by atoms with van der Waals surface area (Å²) in [6.45, 7) is 2.32. The molecule has 160 valence electrons. The van der Waals surface area contributed by atoms with E-state index in [2.05, 4.69) is 10.3 Å². The highest BCUT2D eigenvalue weighted by atomic mass is 16.5. The summed E-state index contributed by atoms with van der Waals surface area (Å²) in [7, 11) is 0. The average Bonchev–Trinajstić information content (AvgIpc) is 2.85. The van der Waals surface area contributed by atoms with Gasteiger partial charge in [-0.05, 0) is 59.7 Å². The van der Waals surface area contributed by atoms with E-state index in [1.807, 2.05) is 91.9 Å². The molecule has 0 bridgehead atoms. The normalized spacial score (nSPS) is 10.4. The first-order valence-corrected chi connectivity index (χ1v) is 10.5. The second-order valence-corrected chi connectivity index (χ2v) is 7.19. The highest BCUT2D eigenvalue weighted by Crippen LogP contribution is 2.34. The Bertz CT molecular complexity index is 1170. The molecule has 0 saturated heterocycles. The lowest BCUT2D eigenvalue weighted by atomic mass is 10.0. The van der Waals surface area contributed by atoms with Gasteiger partial charge in [-0.15, -0.1) is 0 Å². The van der Waals surface area contributed by atoms with Gasteiger partial charge in [0.15, 0.2) is 0 Å². The Morgan fingerprint density at radius 3 is 2.31 bits per heavy atom. The summed E-state index contributed by atoms with van der Waals surface area (Å²) >= 11 is 0. The maximum Gasteiger partial charge on any atom is 0.219 e. The fourth-order valence-electron chi connectivity index (χ4n) is 3.19. The van der Waals surface area contributed by atoms with E-state index < -0.39 is 0 Å². The van der Waals surface area contributed by atoms with E-state index in [1.54, 1.807) is 12.4 Å². The molecular weight excluding hydrogens is 400 g/mol. The van der Waals surface area contributed by atoms with E-state index in [4.69, 9.17) is 9.47 Å². The number of hydrogen-bond donors (Lipinski definition) is 1. The maximum atomic E-state index is 11.6. The Morgan fingerprint density at radius 1 is 0.844 bits per heavy atom. The Balaban J connectivity index is 1.50. The molecule has 32 heavy (non-hydrogen) atoms. The quantitative estimate of drug-likeness (QED) is 0.358. The lowest BCUT2D eigenvalue weighted by Crippen LogP contribution is -2.21. The second kappa shape index (κ2) is 10.3. The van der Waals surface area contributed by atoms with Gasteiger partial charge >= 0.3 is 0 Å². The molecule has 1 N–H and O–H groups in total. The predicted octanol–water partition coefficient (Wildman–Crippen LogP) is 6.36. The van der Waals surface area contributed by atoms with Crippen LogP contribution in [0, 0.1) is 0 Å². The van der Waals surface area contributed by atoms with Crippen LogP contribution in [0.15, 0.2) is 97.3 Å². The van der Waals surface area contributed by atoms with Crippen LogP contribution in [0.1, 0.15) is 18.9 Å². The highest BCUT2D eigenvalue weighted by molar-refractivity contribution is 5.75. The molecule has 0 aliphatic rings. The number of rotatable bonds is 8. The number of benzene rings is 3. The molecule has 0 radical (unpaired) electrons. The molecule has 3 aromatic carbocycles. The van der Waals surface area contributed by atoms with E-state index in [0.29, 0.717) is 24.5 Å². The topological polar surface area (TPSA) is 60.5 Å². The van der Waals surface area contributed by atoms with Crippen molar-refractivity contribution in [2.24, 2.45) is 0 Å². The predicted molar refractivity (Wildman–Crippen MR) is 125 cm³/mol. The van der Waals surface area contributed by atoms with Gasteiger partial charge in [0.2, 0.25) is 5.91 Å². The molecule has 1 amide bonds. The number of aromatic nitrogens is 1. The van der Waals surface area contributed by atoms with E-state index in [1.165, 1.54) is 0 Å². The second-order valence-electron chi connectivity index (χ2n) is 7.19. The zero-order chi connectivity index (χ0) is 22.2. The van der Waals surface area contributed by atoms with Gasteiger partial charge in [-0.2, -0.15) is 0 Å². The zero-order valence-corrected chi connectivity index (χ0v) is 17.8. The maximum absolute atomic E-state index is 11.6. The minimum absolute atomic E-state index is 0.0282. The number of nitrogens with zero attached hydrogens (tertiary/aromatic N) is 1. The molecule has 1 heterocycles. The van der Waals surface area contributed by atoms with Crippen LogP contribution >= 0.6 is 0 Å². The van der Waals surface area contributed by atoms with E-state index in [0.717, 1.165) is 28.2 Å². The third-order valence-electron chi connectivity index (χ3n) is 4.86. The standard InChI is InChI=1S/C27H24N2O3/c1-2-27(30)29-18-20-7-6-8-21(17-20)25-19-28-16-15-26(25)32-24-13-11-23(12-14-24)31-22-9-4-3-5-10-22/h3-17,19H,2,18H2,1H3,(H,29,30). The molecule has 0 unspecified atom stereocenters. The summed E-state index contributed by atoms with van der Waals surface area (Å²) in [5.41, 5.74) is 2.86. The summed E-state index contributed by atoms with van der Waals surface area (Å²) < 4.78 is 12.0. The van der Waals surface area contributed by atoms with Crippen molar-refractivity contribution in [2.75, 3.05) is 0 Å².